The van der Waals surface area contributed by atoms with E-state index in [-0.39, 0.29) is 11.6 Å². The number of carbonyl (C=O) groups is 1. The van der Waals surface area contributed by atoms with Crippen molar-refractivity contribution in [2.24, 2.45) is 0 Å². The molecule has 0 aromatic heterocycles. The molecular formula is C18H18FNO2. The lowest BCUT2D eigenvalue weighted by Gasteiger charge is -2.27. The van der Waals surface area contributed by atoms with Gasteiger partial charge in [-0.2, -0.15) is 0 Å². The van der Waals surface area contributed by atoms with E-state index in [2.05, 4.69) is 4.90 Å². The number of ether oxygens (including phenoxy) is 1. The Hall–Kier alpha value is -2.04. The van der Waals surface area contributed by atoms with Crippen molar-refractivity contribution in [3.63, 3.8) is 0 Å². The molecule has 0 aliphatic carbocycles. The van der Waals surface area contributed by atoms with Crippen LogP contribution < -0.4 is 0 Å². The number of hydrogen-bond acceptors (Lipinski definition) is 3. The molecule has 0 unspecified atom stereocenters. The van der Waals surface area contributed by atoms with Gasteiger partial charge in [0, 0.05) is 30.8 Å². The lowest BCUT2D eigenvalue weighted by Crippen LogP contribution is -2.36. The molecule has 3 nitrogen and oxygen atoms in total. The fraction of sp³-hybridized carbons (Fsp3) is 0.278. The highest BCUT2D eigenvalue weighted by molar-refractivity contribution is 6.09. The van der Waals surface area contributed by atoms with Crippen LogP contribution in [0.3, 0.4) is 0 Å². The highest BCUT2D eigenvalue weighted by Gasteiger charge is 2.18. The van der Waals surface area contributed by atoms with Crippen LogP contribution in [0.1, 0.15) is 21.5 Å². The van der Waals surface area contributed by atoms with E-state index in [1.807, 2.05) is 18.2 Å². The molecule has 1 aliphatic rings. The minimum absolute atomic E-state index is 0.0659. The molecule has 0 spiro atoms. The molecule has 114 valence electrons. The average Bonchev–Trinajstić information content (AvgIpc) is 2.56. The van der Waals surface area contributed by atoms with Crippen molar-refractivity contribution in [1.29, 1.82) is 0 Å². The number of morpholine rings is 1. The Morgan fingerprint density at radius 2 is 1.82 bits per heavy atom. The van der Waals surface area contributed by atoms with E-state index in [1.54, 1.807) is 18.2 Å². The third kappa shape index (κ3) is 3.40. The lowest BCUT2D eigenvalue weighted by atomic mass is 9.98. The molecule has 1 fully saturated rings. The summed E-state index contributed by atoms with van der Waals surface area (Å²) in [6.45, 7) is 3.52. The summed E-state index contributed by atoms with van der Waals surface area (Å²) in [5.41, 5.74) is 1.92. The Morgan fingerprint density at radius 3 is 2.55 bits per heavy atom. The first-order valence-corrected chi connectivity index (χ1v) is 7.42. The third-order valence-corrected chi connectivity index (χ3v) is 3.85. The monoisotopic (exact) mass is 299 g/mol. The van der Waals surface area contributed by atoms with Gasteiger partial charge >= 0.3 is 0 Å². The highest BCUT2D eigenvalue weighted by Crippen LogP contribution is 2.18. The second kappa shape index (κ2) is 6.81. The molecule has 1 saturated heterocycles. The van der Waals surface area contributed by atoms with Gasteiger partial charge < -0.3 is 4.74 Å². The number of carbonyl (C=O) groups excluding carboxylic acids is 1. The second-order valence-electron chi connectivity index (χ2n) is 5.39. The minimum atomic E-state index is -0.312. The van der Waals surface area contributed by atoms with Crippen LogP contribution in [-0.4, -0.2) is 37.0 Å². The number of ketones is 1. The average molecular weight is 299 g/mol. The van der Waals surface area contributed by atoms with Gasteiger partial charge in [0.1, 0.15) is 5.82 Å². The topological polar surface area (TPSA) is 29.5 Å². The summed E-state index contributed by atoms with van der Waals surface area (Å²) in [6, 6.07) is 13.5. The summed E-state index contributed by atoms with van der Waals surface area (Å²) >= 11 is 0. The second-order valence-corrected chi connectivity index (χ2v) is 5.39. The summed E-state index contributed by atoms with van der Waals surface area (Å²) < 4.78 is 18.9. The van der Waals surface area contributed by atoms with Crippen LogP contribution in [0.25, 0.3) is 0 Å². The van der Waals surface area contributed by atoms with E-state index in [0.29, 0.717) is 30.9 Å². The molecule has 22 heavy (non-hydrogen) atoms. The molecule has 3 rings (SSSR count). The zero-order valence-electron chi connectivity index (χ0n) is 12.3. The van der Waals surface area contributed by atoms with Crippen LogP contribution in [-0.2, 0) is 11.3 Å². The Kier molecular flexibility index (Phi) is 4.61. The van der Waals surface area contributed by atoms with Crippen LogP contribution >= 0.6 is 0 Å². The first-order valence-electron chi connectivity index (χ1n) is 7.42. The van der Waals surface area contributed by atoms with Gasteiger partial charge in [-0.1, -0.05) is 30.3 Å². The van der Waals surface area contributed by atoms with Crippen molar-refractivity contribution < 1.29 is 13.9 Å². The maximum atomic E-state index is 13.6. The van der Waals surface area contributed by atoms with Gasteiger partial charge in [0.15, 0.2) is 5.78 Å². The third-order valence-electron chi connectivity index (χ3n) is 3.85. The summed E-state index contributed by atoms with van der Waals surface area (Å²) in [5, 5.41) is 0. The van der Waals surface area contributed by atoms with Crippen LogP contribution in [0.4, 0.5) is 4.39 Å². The van der Waals surface area contributed by atoms with Gasteiger partial charge in [0.05, 0.1) is 13.2 Å². The van der Waals surface area contributed by atoms with Gasteiger partial charge in [0.2, 0.25) is 0 Å². The fourth-order valence-electron chi connectivity index (χ4n) is 2.66. The molecule has 2 aromatic carbocycles. The van der Waals surface area contributed by atoms with Crippen molar-refractivity contribution in [2.75, 3.05) is 26.3 Å². The van der Waals surface area contributed by atoms with Crippen molar-refractivity contribution >= 4 is 5.78 Å². The number of hydrogen-bond donors (Lipinski definition) is 0. The van der Waals surface area contributed by atoms with Crippen LogP contribution in [0.5, 0.6) is 0 Å². The summed E-state index contributed by atoms with van der Waals surface area (Å²) in [5.74, 6) is -0.378. The molecule has 0 radical (unpaired) electrons. The number of nitrogens with zero attached hydrogens (tertiary/aromatic N) is 1. The molecule has 0 N–H and O–H groups in total. The van der Waals surface area contributed by atoms with Gasteiger partial charge in [-0.15, -0.1) is 0 Å². The maximum Gasteiger partial charge on any atom is 0.193 e. The molecule has 0 atom stereocenters. The van der Waals surface area contributed by atoms with Gasteiger partial charge in [-0.05, 0) is 23.8 Å². The van der Waals surface area contributed by atoms with Crippen LogP contribution in [0, 0.1) is 5.82 Å². The van der Waals surface area contributed by atoms with E-state index >= 15 is 0 Å². The molecule has 0 amide bonds. The Labute approximate surface area is 129 Å². The molecule has 2 aromatic rings. The summed E-state index contributed by atoms with van der Waals surface area (Å²) in [6.07, 6.45) is 0. The predicted molar refractivity (Wildman–Crippen MR) is 82.4 cm³/mol. The molecule has 1 aliphatic heterocycles. The van der Waals surface area contributed by atoms with E-state index in [4.69, 9.17) is 4.74 Å². The predicted octanol–water partition coefficient (Wildman–Crippen LogP) is 2.89. The Bertz CT molecular complexity index is 651. The van der Waals surface area contributed by atoms with Crippen LogP contribution in [0.2, 0.25) is 0 Å². The fourth-order valence-corrected chi connectivity index (χ4v) is 2.66. The summed E-state index contributed by atoms with van der Waals surface area (Å²) in [7, 11) is 0. The largest absolute Gasteiger partial charge is 0.379 e. The van der Waals surface area contributed by atoms with Crippen LogP contribution in [0.15, 0.2) is 48.5 Å². The first-order chi connectivity index (χ1) is 10.7. The summed E-state index contributed by atoms with van der Waals surface area (Å²) in [4.78, 5) is 14.8. The quantitative estimate of drug-likeness (QED) is 0.813. The van der Waals surface area contributed by atoms with Crippen molar-refractivity contribution in [3.8, 4) is 0 Å². The first kappa shape index (κ1) is 14.9. The number of rotatable bonds is 4. The zero-order valence-corrected chi connectivity index (χ0v) is 12.3. The van der Waals surface area contributed by atoms with Crippen molar-refractivity contribution in [1.82, 2.24) is 4.90 Å². The van der Waals surface area contributed by atoms with E-state index in [0.717, 1.165) is 18.7 Å². The maximum absolute atomic E-state index is 13.6. The van der Waals surface area contributed by atoms with E-state index < -0.39 is 0 Å². The Balaban J connectivity index is 1.88. The zero-order chi connectivity index (χ0) is 15.4. The van der Waals surface area contributed by atoms with E-state index in [1.165, 1.54) is 12.1 Å². The smallest absolute Gasteiger partial charge is 0.193 e. The normalized spacial score (nSPS) is 15.7. The van der Waals surface area contributed by atoms with Gasteiger partial charge in [0.25, 0.3) is 0 Å². The number of benzene rings is 2. The molecule has 0 saturated carbocycles. The highest BCUT2D eigenvalue weighted by atomic mass is 19.1. The van der Waals surface area contributed by atoms with Gasteiger partial charge in [-0.25, -0.2) is 4.39 Å². The molecule has 1 heterocycles. The SMILES string of the molecule is O=C(c1ccccc1)c1ccc(F)cc1CN1CCOCC1. The molecule has 0 bridgehead atoms. The molecule has 4 heteroatoms. The van der Waals surface area contributed by atoms with E-state index in [9.17, 15) is 9.18 Å². The van der Waals surface area contributed by atoms with Gasteiger partial charge in [-0.3, -0.25) is 9.69 Å². The molecular weight excluding hydrogens is 281 g/mol. The number of halogens is 1. The van der Waals surface area contributed by atoms with Crippen molar-refractivity contribution in [2.45, 2.75) is 6.54 Å². The van der Waals surface area contributed by atoms with Crippen molar-refractivity contribution in [3.05, 3.63) is 71.0 Å². The standard InChI is InChI=1S/C18H18FNO2/c19-16-6-7-17(18(21)14-4-2-1-3-5-14)15(12-16)13-20-8-10-22-11-9-20/h1-7,12H,8-11,13H2. The Morgan fingerprint density at radius 1 is 1.09 bits per heavy atom. The minimum Gasteiger partial charge on any atom is -0.379 e. The lowest BCUT2D eigenvalue weighted by molar-refractivity contribution is 0.0340.